The minimum absolute atomic E-state index is 0.854. The van der Waals surface area contributed by atoms with E-state index in [9.17, 15) is 0 Å². The number of furan rings is 1. The van der Waals surface area contributed by atoms with Gasteiger partial charge < -0.3 is 9.15 Å². The van der Waals surface area contributed by atoms with Crippen LogP contribution in [0.2, 0.25) is 0 Å². The number of hydrogen-bond acceptors (Lipinski definition) is 2. The molecule has 2 aromatic rings. The molecule has 15 heavy (non-hydrogen) atoms. The maximum Gasteiger partial charge on any atom is 0.134 e. The Morgan fingerprint density at radius 1 is 1.33 bits per heavy atom. The summed E-state index contributed by atoms with van der Waals surface area (Å²) in [6.07, 6.45) is 1.67. The molecule has 0 aliphatic rings. The summed E-state index contributed by atoms with van der Waals surface area (Å²) in [5.41, 5.74) is 2.13. The van der Waals surface area contributed by atoms with Crippen LogP contribution in [0.25, 0.3) is 11.3 Å². The lowest BCUT2D eigenvalue weighted by atomic mass is 10.1. The van der Waals surface area contributed by atoms with Crippen molar-refractivity contribution in [3.63, 3.8) is 0 Å². The van der Waals surface area contributed by atoms with Gasteiger partial charge in [-0.1, -0.05) is 15.9 Å². The summed E-state index contributed by atoms with van der Waals surface area (Å²) in [5, 5.41) is 0. The van der Waals surface area contributed by atoms with E-state index in [1.807, 2.05) is 31.2 Å². The average Bonchev–Trinajstić information content (AvgIpc) is 2.74. The third-order valence-electron chi connectivity index (χ3n) is 2.33. The monoisotopic (exact) mass is 266 g/mol. The molecule has 78 valence electrons. The fraction of sp³-hybridized carbons (Fsp3) is 0.167. The molecule has 2 rings (SSSR count). The molecule has 0 bridgehead atoms. The van der Waals surface area contributed by atoms with Crippen molar-refractivity contribution in [1.29, 1.82) is 0 Å². The van der Waals surface area contributed by atoms with Crippen molar-refractivity contribution < 1.29 is 9.15 Å². The summed E-state index contributed by atoms with van der Waals surface area (Å²) in [6.45, 7) is 2.02. The number of methoxy groups -OCH3 is 1. The highest BCUT2D eigenvalue weighted by Gasteiger charge is 2.10. The first kappa shape index (κ1) is 10.3. The molecule has 0 N–H and O–H groups in total. The molecule has 2 nitrogen and oxygen atoms in total. The predicted molar refractivity (Wildman–Crippen MR) is 63.1 cm³/mol. The van der Waals surface area contributed by atoms with Crippen LogP contribution in [0, 0.1) is 6.92 Å². The van der Waals surface area contributed by atoms with E-state index in [0.717, 1.165) is 27.1 Å². The summed E-state index contributed by atoms with van der Waals surface area (Å²) in [7, 11) is 1.67. The Morgan fingerprint density at radius 3 is 2.73 bits per heavy atom. The zero-order valence-corrected chi connectivity index (χ0v) is 10.2. The van der Waals surface area contributed by atoms with Crippen LogP contribution in [0.5, 0.6) is 5.75 Å². The lowest BCUT2D eigenvalue weighted by Gasteiger charge is -2.09. The predicted octanol–water partition coefficient (Wildman–Crippen LogP) is 4.03. The molecule has 0 aliphatic heterocycles. The minimum atomic E-state index is 0.854. The lowest BCUT2D eigenvalue weighted by molar-refractivity contribution is 0.411. The summed E-state index contributed by atoms with van der Waals surface area (Å²) in [6, 6.07) is 7.79. The van der Waals surface area contributed by atoms with Gasteiger partial charge in [0.25, 0.3) is 0 Å². The normalized spacial score (nSPS) is 10.3. The van der Waals surface area contributed by atoms with E-state index in [1.165, 1.54) is 0 Å². The average molecular weight is 267 g/mol. The van der Waals surface area contributed by atoms with E-state index in [4.69, 9.17) is 9.15 Å². The highest BCUT2D eigenvalue weighted by Crippen LogP contribution is 2.33. The number of ether oxygens (including phenoxy) is 1. The molecule has 1 aromatic carbocycles. The fourth-order valence-electron chi connectivity index (χ4n) is 1.55. The van der Waals surface area contributed by atoms with Gasteiger partial charge >= 0.3 is 0 Å². The van der Waals surface area contributed by atoms with Gasteiger partial charge in [-0.05, 0) is 31.2 Å². The second-order valence-corrected chi connectivity index (χ2v) is 4.17. The molecule has 1 aromatic heterocycles. The first-order valence-electron chi connectivity index (χ1n) is 4.60. The molecule has 0 aliphatic carbocycles. The topological polar surface area (TPSA) is 22.4 Å². The van der Waals surface area contributed by atoms with Gasteiger partial charge in [-0.15, -0.1) is 0 Å². The van der Waals surface area contributed by atoms with E-state index in [-0.39, 0.29) is 0 Å². The molecule has 0 fully saturated rings. The second-order valence-electron chi connectivity index (χ2n) is 3.26. The van der Waals surface area contributed by atoms with Gasteiger partial charge in [-0.25, -0.2) is 0 Å². The molecule has 3 heteroatoms. The molecule has 0 unspecified atom stereocenters. The summed E-state index contributed by atoms with van der Waals surface area (Å²) in [5.74, 6) is 1.71. The maximum atomic E-state index is 5.38. The highest BCUT2D eigenvalue weighted by atomic mass is 79.9. The van der Waals surface area contributed by atoms with E-state index in [2.05, 4.69) is 15.9 Å². The molecule has 0 atom stereocenters. The van der Waals surface area contributed by atoms with Gasteiger partial charge in [0.2, 0.25) is 0 Å². The van der Waals surface area contributed by atoms with Crippen molar-refractivity contribution in [1.82, 2.24) is 0 Å². The van der Waals surface area contributed by atoms with Crippen LogP contribution in [0.1, 0.15) is 5.56 Å². The van der Waals surface area contributed by atoms with Gasteiger partial charge in [0.05, 0.1) is 13.4 Å². The Morgan fingerprint density at radius 2 is 2.13 bits per heavy atom. The molecular weight excluding hydrogens is 256 g/mol. The largest absolute Gasteiger partial charge is 0.496 e. The zero-order valence-electron chi connectivity index (χ0n) is 8.58. The zero-order chi connectivity index (χ0) is 10.8. The van der Waals surface area contributed by atoms with Crippen LogP contribution in [0.4, 0.5) is 0 Å². The van der Waals surface area contributed by atoms with Gasteiger partial charge in [0.15, 0.2) is 0 Å². The lowest BCUT2D eigenvalue weighted by Crippen LogP contribution is -1.90. The van der Waals surface area contributed by atoms with E-state index < -0.39 is 0 Å². The number of halogens is 1. The smallest absolute Gasteiger partial charge is 0.134 e. The third-order valence-corrected chi connectivity index (χ3v) is 2.79. The second kappa shape index (κ2) is 4.11. The quantitative estimate of drug-likeness (QED) is 0.819. The molecule has 0 spiro atoms. The first-order chi connectivity index (χ1) is 7.22. The molecule has 0 saturated carbocycles. The molecule has 0 amide bonds. The third kappa shape index (κ3) is 1.92. The van der Waals surface area contributed by atoms with Gasteiger partial charge in [-0.3, -0.25) is 0 Å². The van der Waals surface area contributed by atoms with E-state index in [0.29, 0.717) is 0 Å². The van der Waals surface area contributed by atoms with Crippen LogP contribution in [0.3, 0.4) is 0 Å². The van der Waals surface area contributed by atoms with Crippen molar-refractivity contribution >= 4 is 15.9 Å². The van der Waals surface area contributed by atoms with Crippen LogP contribution in [-0.2, 0) is 0 Å². The summed E-state index contributed by atoms with van der Waals surface area (Å²) < 4.78 is 11.7. The molecule has 0 radical (unpaired) electrons. The highest BCUT2D eigenvalue weighted by molar-refractivity contribution is 9.10. The number of hydrogen-bond donors (Lipinski definition) is 0. The Labute approximate surface area is 97.0 Å². The van der Waals surface area contributed by atoms with E-state index in [1.54, 1.807) is 13.4 Å². The van der Waals surface area contributed by atoms with Crippen molar-refractivity contribution in [3.05, 3.63) is 40.6 Å². The minimum Gasteiger partial charge on any atom is -0.496 e. The first-order valence-corrected chi connectivity index (χ1v) is 5.39. The van der Waals surface area contributed by atoms with Crippen LogP contribution in [0.15, 0.2) is 39.4 Å². The van der Waals surface area contributed by atoms with Gasteiger partial charge in [0.1, 0.15) is 11.5 Å². The Kier molecular flexibility index (Phi) is 2.82. The van der Waals surface area contributed by atoms with Crippen molar-refractivity contribution in [2.24, 2.45) is 0 Å². The van der Waals surface area contributed by atoms with Crippen LogP contribution < -0.4 is 4.74 Å². The van der Waals surface area contributed by atoms with Gasteiger partial charge in [0, 0.05) is 15.6 Å². The van der Waals surface area contributed by atoms with Crippen LogP contribution in [-0.4, -0.2) is 7.11 Å². The van der Waals surface area contributed by atoms with Crippen molar-refractivity contribution in [2.75, 3.05) is 7.11 Å². The Bertz CT molecular complexity index is 461. The fourth-order valence-corrected chi connectivity index (χ4v) is 1.99. The number of rotatable bonds is 2. The molecule has 1 heterocycles. The molecular formula is C12H11BrO2. The SMILES string of the molecule is COc1cc(Br)cc(-c2ccco2)c1C. The summed E-state index contributed by atoms with van der Waals surface area (Å²) >= 11 is 3.45. The molecule has 0 saturated heterocycles. The van der Waals surface area contributed by atoms with Crippen molar-refractivity contribution in [3.8, 4) is 17.1 Å². The maximum absolute atomic E-state index is 5.38. The van der Waals surface area contributed by atoms with Crippen LogP contribution >= 0.6 is 15.9 Å². The Hall–Kier alpha value is -1.22. The van der Waals surface area contributed by atoms with Gasteiger partial charge in [-0.2, -0.15) is 0 Å². The van der Waals surface area contributed by atoms with E-state index >= 15 is 0 Å². The van der Waals surface area contributed by atoms with Crippen molar-refractivity contribution in [2.45, 2.75) is 6.92 Å². The number of benzene rings is 1. The Balaban J connectivity index is 2.61. The summed E-state index contributed by atoms with van der Waals surface area (Å²) in [4.78, 5) is 0. The standard InChI is InChI=1S/C12H11BrO2/c1-8-10(11-4-3-5-15-11)6-9(13)7-12(8)14-2/h3-7H,1-2H3.